The van der Waals surface area contributed by atoms with Crippen molar-refractivity contribution in [2.45, 2.75) is 12.5 Å². The summed E-state index contributed by atoms with van der Waals surface area (Å²) in [4.78, 5) is 8.70. The molecule has 0 fully saturated rings. The number of fused-ring (bicyclic) bond motifs is 2. The Morgan fingerprint density at radius 1 is 1.21 bits per heavy atom. The molecule has 0 spiro atoms. The topological polar surface area (TPSA) is 42.7 Å². The molecule has 4 heteroatoms. The summed E-state index contributed by atoms with van der Waals surface area (Å²) in [7, 11) is 2.07. The number of nitrogens with zero attached hydrogens (tertiary/aromatic N) is 3. The largest absolute Gasteiger partial charge is 0.361 e. The Kier molecular flexibility index (Phi) is 2.12. The molecule has 3 aromatic rings. The van der Waals surface area contributed by atoms with E-state index >= 15 is 0 Å². The van der Waals surface area contributed by atoms with Crippen LogP contribution >= 0.6 is 0 Å². The van der Waals surface area contributed by atoms with Crippen LogP contribution in [0.5, 0.6) is 0 Å². The molecule has 4 nitrogen and oxygen atoms in total. The molecule has 94 valence electrons. The quantitative estimate of drug-likeness (QED) is 0.722. The average Bonchev–Trinajstić information content (AvgIpc) is 3.02. The van der Waals surface area contributed by atoms with E-state index in [1.807, 2.05) is 0 Å². The van der Waals surface area contributed by atoms with Gasteiger partial charge in [-0.25, -0.2) is 4.98 Å². The lowest BCUT2D eigenvalue weighted by atomic mass is 10.0. The first-order valence-electron chi connectivity index (χ1n) is 6.43. The van der Waals surface area contributed by atoms with Gasteiger partial charge in [0, 0.05) is 37.6 Å². The van der Waals surface area contributed by atoms with Gasteiger partial charge in [-0.2, -0.15) is 0 Å². The molecule has 0 saturated heterocycles. The van der Waals surface area contributed by atoms with E-state index in [1.165, 1.54) is 16.5 Å². The smallest absolute Gasteiger partial charge is 0.148 e. The summed E-state index contributed by atoms with van der Waals surface area (Å²) in [5.41, 5.74) is 3.61. The standard InChI is InChI=1S/C15H14N4/c1-19-7-4-11-8-10(2-3-14(11)19)12-9-13-15(18-12)17-6-5-16-13/h2-8,12H,9H2,1H3,(H,17,18). The van der Waals surface area contributed by atoms with Gasteiger partial charge in [0.15, 0.2) is 0 Å². The molecule has 2 aromatic heterocycles. The number of anilines is 1. The van der Waals surface area contributed by atoms with Gasteiger partial charge in [0.1, 0.15) is 5.82 Å². The maximum absolute atomic E-state index is 4.37. The molecule has 0 aliphatic carbocycles. The van der Waals surface area contributed by atoms with Crippen molar-refractivity contribution >= 4 is 16.7 Å². The van der Waals surface area contributed by atoms with Crippen LogP contribution in [0.1, 0.15) is 17.3 Å². The summed E-state index contributed by atoms with van der Waals surface area (Å²) in [6.07, 6.45) is 6.48. The Bertz CT molecular complexity index is 735. The van der Waals surface area contributed by atoms with Gasteiger partial charge in [-0.05, 0) is 29.1 Å². The highest BCUT2D eigenvalue weighted by molar-refractivity contribution is 5.81. The Hall–Kier alpha value is -2.36. The lowest BCUT2D eigenvalue weighted by Gasteiger charge is -2.11. The van der Waals surface area contributed by atoms with Gasteiger partial charge in [-0.1, -0.05) is 6.07 Å². The second-order valence-corrected chi connectivity index (χ2v) is 5.00. The molecule has 1 unspecified atom stereocenters. The van der Waals surface area contributed by atoms with Crippen molar-refractivity contribution in [3.8, 4) is 0 Å². The number of rotatable bonds is 1. The zero-order valence-electron chi connectivity index (χ0n) is 10.7. The van der Waals surface area contributed by atoms with Gasteiger partial charge in [-0.15, -0.1) is 0 Å². The van der Waals surface area contributed by atoms with Crippen molar-refractivity contribution < 1.29 is 0 Å². The minimum atomic E-state index is 0.280. The van der Waals surface area contributed by atoms with Crippen LogP contribution in [0, 0.1) is 0 Å². The van der Waals surface area contributed by atoms with Crippen LogP contribution in [0.2, 0.25) is 0 Å². The molecule has 1 aromatic carbocycles. The highest BCUT2D eigenvalue weighted by Gasteiger charge is 2.24. The molecule has 0 amide bonds. The van der Waals surface area contributed by atoms with Crippen molar-refractivity contribution in [1.29, 1.82) is 0 Å². The Morgan fingerprint density at radius 3 is 3.00 bits per heavy atom. The summed E-state index contributed by atoms with van der Waals surface area (Å²) in [6, 6.07) is 9.04. The molecular formula is C15H14N4. The first-order valence-corrected chi connectivity index (χ1v) is 6.43. The van der Waals surface area contributed by atoms with Crippen molar-refractivity contribution in [1.82, 2.24) is 14.5 Å². The number of nitrogens with one attached hydrogen (secondary N) is 1. The van der Waals surface area contributed by atoms with Gasteiger partial charge < -0.3 is 9.88 Å². The molecule has 1 atom stereocenters. The van der Waals surface area contributed by atoms with Crippen molar-refractivity contribution in [2.75, 3.05) is 5.32 Å². The number of hydrogen-bond acceptors (Lipinski definition) is 3. The van der Waals surface area contributed by atoms with Crippen molar-refractivity contribution in [3.63, 3.8) is 0 Å². The van der Waals surface area contributed by atoms with E-state index in [-0.39, 0.29) is 6.04 Å². The lowest BCUT2D eigenvalue weighted by Crippen LogP contribution is -2.05. The van der Waals surface area contributed by atoms with Gasteiger partial charge in [0.2, 0.25) is 0 Å². The minimum Gasteiger partial charge on any atom is -0.361 e. The van der Waals surface area contributed by atoms with Gasteiger partial charge in [0.05, 0.1) is 11.7 Å². The predicted octanol–water partition coefficient (Wildman–Crippen LogP) is 2.68. The number of hydrogen-bond donors (Lipinski definition) is 1. The first kappa shape index (κ1) is 10.6. The molecule has 0 radical (unpaired) electrons. The SMILES string of the molecule is Cn1ccc2cc(C3Cc4nccnc4N3)ccc21. The van der Waals surface area contributed by atoms with E-state index in [0.29, 0.717) is 0 Å². The predicted molar refractivity (Wildman–Crippen MR) is 75.0 cm³/mol. The molecule has 19 heavy (non-hydrogen) atoms. The summed E-state index contributed by atoms with van der Waals surface area (Å²) in [5, 5.41) is 4.72. The van der Waals surface area contributed by atoms with Crippen LogP contribution in [0.4, 0.5) is 5.82 Å². The molecule has 1 N–H and O–H groups in total. The maximum atomic E-state index is 4.37. The molecular weight excluding hydrogens is 236 g/mol. The average molecular weight is 250 g/mol. The molecule has 3 heterocycles. The maximum Gasteiger partial charge on any atom is 0.148 e. The molecule has 4 rings (SSSR count). The first-order chi connectivity index (χ1) is 9.31. The third kappa shape index (κ3) is 1.60. The minimum absolute atomic E-state index is 0.280. The zero-order chi connectivity index (χ0) is 12.8. The number of aryl methyl sites for hydroxylation is 1. The summed E-state index contributed by atoms with van der Waals surface area (Å²) < 4.78 is 2.14. The molecule has 1 aliphatic heterocycles. The van der Waals surface area contributed by atoms with E-state index in [4.69, 9.17) is 0 Å². The lowest BCUT2D eigenvalue weighted by molar-refractivity contribution is 0.811. The second-order valence-electron chi connectivity index (χ2n) is 5.00. The van der Waals surface area contributed by atoms with Crippen LogP contribution in [-0.2, 0) is 13.5 Å². The van der Waals surface area contributed by atoms with E-state index in [0.717, 1.165) is 17.9 Å². The highest BCUT2D eigenvalue weighted by Crippen LogP contribution is 2.32. The van der Waals surface area contributed by atoms with E-state index in [9.17, 15) is 0 Å². The van der Waals surface area contributed by atoms with E-state index in [1.54, 1.807) is 12.4 Å². The van der Waals surface area contributed by atoms with E-state index in [2.05, 4.69) is 57.4 Å². The van der Waals surface area contributed by atoms with Crippen LogP contribution in [0.3, 0.4) is 0 Å². The zero-order valence-corrected chi connectivity index (χ0v) is 10.7. The monoisotopic (exact) mass is 250 g/mol. The number of benzene rings is 1. The fourth-order valence-electron chi connectivity index (χ4n) is 2.76. The van der Waals surface area contributed by atoms with Crippen LogP contribution in [0.15, 0.2) is 42.9 Å². The fourth-order valence-corrected chi connectivity index (χ4v) is 2.76. The van der Waals surface area contributed by atoms with Gasteiger partial charge >= 0.3 is 0 Å². The highest BCUT2D eigenvalue weighted by atomic mass is 15.1. The summed E-state index contributed by atoms with van der Waals surface area (Å²) in [5.74, 6) is 0.917. The number of aromatic nitrogens is 3. The normalized spacial score (nSPS) is 17.4. The third-order valence-electron chi connectivity index (χ3n) is 3.79. The Balaban J connectivity index is 1.73. The molecule has 0 saturated carbocycles. The fraction of sp³-hybridized carbons (Fsp3) is 0.200. The van der Waals surface area contributed by atoms with Crippen LogP contribution in [-0.4, -0.2) is 14.5 Å². The second kappa shape index (κ2) is 3.82. The third-order valence-corrected chi connectivity index (χ3v) is 3.79. The summed E-state index contributed by atoms with van der Waals surface area (Å²) in [6.45, 7) is 0. The van der Waals surface area contributed by atoms with Crippen LogP contribution < -0.4 is 5.32 Å². The van der Waals surface area contributed by atoms with Crippen LogP contribution in [0.25, 0.3) is 10.9 Å². The van der Waals surface area contributed by atoms with Crippen molar-refractivity contribution in [2.24, 2.45) is 7.05 Å². The van der Waals surface area contributed by atoms with Gasteiger partial charge in [-0.3, -0.25) is 4.98 Å². The molecule has 0 bridgehead atoms. The Morgan fingerprint density at radius 2 is 2.11 bits per heavy atom. The van der Waals surface area contributed by atoms with Gasteiger partial charge in [0.25, 0.3) is 0 Å². The summed E-state index contributed by atoms with van der Waals surface area (Å²) >= 11 is 0. The Labute approximate surface area is 111 Å². The van der Waals surface area contributed by atoms with Crippen molar-refractivity contribution in [3.05, 3.63) is 54.1 Å². The molecule has 1 aliphatic rings. The van der Waals surface area contributed by atoms with E-state index < -0.39 is 0 Å².